The third kappa shape index (κ3) is 3.17. The van der Waals surface area contributed by atoms with Crippen molar-refractivity contribution >= 4 is 31.6 Å². The standard InChI is InChI=1S/C11H16BrN3O4S/c1-7(6-13)14(3)20(18,19)9-4-10(12)8(2)11(5-9)15(16)17/h4-5,7H,6,13H2,1-3H3. The van der Waals surface area contributed by atoms with Crippen LogP contribution in [0, 0.1) is 17.0 Å². The molecule has 112 valence electrons. The summed E-state index contributed by atoms with van der Waals surface area (Å²) in [6, 6.07) is 2.02. The van der Waals surface area contributed by atoms with Crippen LogP contribution >= 0.6 is 15.9 Å². The number of nitrogens with zero attached hydrogens (tertiary/aromatic N) is 2. The van der Waals surface area contributed by atoms with Crippen LogP contribution in [0.4, 0.5) is 5.69 Å². The summed E-state index contributed by atoms with van der Waals surface area (Å²) >= 11 is 3.15. The van der Waals surface area contributed by atoms with Crippen molar-refractivity contribution < 1.29 is 13.3 Å². The maximum atomic E-state index is 12.4. The summed E-state index contributed by atoms with van der Waals surface area (Å²) in [6.45, 7) is 3.37. The van der Waals surface area contributed by atoms with Gasteiger partial charge in [-0.2, -0.15) is 4.31 Å². The number of rotatable bonds is 5. The second-order valence-electron chi connectivity index (χ2n) is 4.41. The van der Waals surface area contributed by atoms with Crippen LogP contribution in [-0.2, 0) is 10.0 Å². The molecule has 0 bridgehead atoms. The molecule has 0 radical (unpaired) electrons. The minimum atomic E-state index is -3.83. The van der Waals surface area contributed by atoms with Crippen LogP contribution in [0.25, 0.3) is 0 Å². The molecule has 0 aliphatic carbocycles. The zero-order valence-electron chi connectivity index (χ0n) is 11.3. The van der Waals surface area contributed by atoms with Crippen LogP contribution in [-0.4, -0.2) is 37.3 Å². The lowest BCUT2D eigenvalue weighted by molar-refractivity contribution is -0.385. The zero-order chi connectivity index (χ0) is 15.7. The monoisotopic (exact) mass is 365 g/mol. The fourth-order valence-electron chi connectivity index (χ4n) is 1.53. The summed E-state index contributed by atoms with van der Waals surface area (Å²) in [4.78, 5) is 10.2. The molecule has 0 aliphatic heterocycles. The summed E-state index contributed by atoms with van der Waals surface area (Å²) in [5.41, 5.74) is 5.59. The number of benzene rings is 1. The van der Waals surface area contributed by atoms with Crippen LogP contribution in [0.5, 0.6) is 0 Å². The van der Waals surface area contributed by atoms with Crippen LogP contribution < -0.4 is 5.73 Å². The van der Waals surface area contributed by atoms with Gasteiger partial charge in [-0.15, -0.1) is 0 Å². The molecule has 20 heavy (non-hydrogen) atoms. The van der Waals surface area contributed by atoms with Gasteiger partial charge in [0.1, 0.15) is 0 Å². The van der Waals surface area contributed by atoms with Gasteiger partial charge in [0.15, 0.2) is 0 Å². The third-order valence-electron chi connectivity index (χ3n) is 3.13. The normalized spacial score (nSPS) is 13.5. The highest BCUT2D eigenvalue weighted by Crippen LogP contribution is 2.31. The predicted octanol–water partition coefficient (Wildman–Crippen LogP) is 1.63. The Morgan fingerprint density at radius 2 is 2.05 bits per heavy atom. The molecule has 0 saturated carbocycles. The molecule has 1 unspecified atom stereocenters. The fraction of sp³-hybridized carbons (Fsp3) is 0.455. The van der Waals surface area contributed by atoms with E-state index in [1.54, 1.807) is 13.8 Å². The van der Waals surface area contributed by atoms with Gasteiger partial charge in [0, 0.05) is 35.7 Å². The van der Waals surface area contributed by atoms with Gasteiger partial charge in [0.05, 0.1) is 9.82 Å². The van der Waals surface area contributed by atoms with Gasteiger partial charge in [-0.3, -0.25) is 10.1 Å². The van der Waals surface area contributed by atoms with Gasteiger partial charge >= 0.3 is 0 Å². The van der Waals surface area contributed by atoms with Crippen molar-refractivity contribution in [2.24, 2.45) is 5.73 Å². The van der Waals surface area contributed by atoms with E-state index in [-0.39, 0.29) is 17.1 Å². The molecule has 7 nitrogen and oxygen atoms in total. The summed E-state index contributed by atoms with van der Waals surface area (Å²) in [5.74, 6) is 0. The van der Waals surface area contributed by atoms with E-state index in [0.29, 0.717) is 10.0 Å². The van der Waals surface area contributed by atoms with E-state index in [2.05, 4.69) is 15.9 Å². The highest BCUT2D eigenvalue weighted by molar-refractivity contribution is 9.10. The average Bonchev–Trinajstić information content (AvgIpc) is 2.39. The Hall–Kier alpha value is -1.03. The van der Waals surface area contributed by atoms with Crippen LogP contribution in [0.15, 0.2) is 21.5 Å². The maximum Gasteiger partial charge on any atom is 0.274 e. The van der Waals surface area contributed by atoms with E-state index >= 15 is 0 Å². The highest BCUT2D eigenvalue weighted by atomic mass is 79.9. The van der Waals surface area contributed by atoms with Crippen LogP contribution in [0.3, 0.4) is 0 Å². The number of nitro groups is 1. The quantitative estimate of drug-likeness (QED) is 0.630. The minimum absolute atomic E-state index is 0.135. The SMILES string of the molecule is Cc1c(Br)cc(S(=O)(=O)N(C)C(C)CN)cc1[N+](=O)[O-]. The molecule has 1 atom stereocenters. The molecule has 1 aromatic carbocycles. The van der Waals surface area contributed by atoms with Gasteiger partial charge in [0.2, 0.25) is 10.0 Å². The Kier molecular flexibility index (Phi) is 5.25. The van der Waals surface area contributed by atoms with Gasteiger partial charge in [-0.1, -0.05) is 15.9 Å². The van der Waals surface area contributed by atoms with E-state index in [4.69, 9.17) is 5.73 Å². The number of nitro benzene ring substituents is 1. The van der Waals surface area contributed by atoms with Gasteiger partial charge in [0.25, 0.3) is 5.69 Å². The molecule has 0 amide bonds. The van der Waals surface area contributed by atoms with Crippen molar-refractivity contribution in [2.75, 3.05) is 13.6 Å². The molecule has 0 aromatic heterocycles. The predicted molar refractivity (Wildman–Crippen MR) is 79.0 cm³/mol. The molecule has 1 aromatic rings. The van der Waals surface area contributed by atoms with Crippen LogP contribution in [0.2, 0.25) is 0 Å². The fourth-order valence-corrected chi connectivity index (χ4v) is 3.55. The van der Waals surface area contributed by atoms with E-state index in [9.17, 15) is 18.5 Å². The smallest absolute Gasteiger partial charge is 0.274 e. The molecule has 1 rings (SSSR count). The number of likely N-dealkylation sites (N-methyl/N-ethyl adjacent to an activating group) is 1. The second kappa shape index (κ2) is 6.17. The third-order valence-corrected chi connectivity index (χ3v) is 5.90. The van der Waals surface area contributed by atoms with Crippen molar-refractivity contribution in [1.82, 2.24) is 4.31 Å². The van der Waals surface area contributed by atoms with Crippen molar-refractivity contribution in [3.63, 3.8) is 0 Å². The topological polar surface area (TPSA) is 107 Å². The number of nitrogens with two attached hydrogens (primary N) is 1. The minimum Gasteiger partial charge on any atom is -0.329 e. The number of halogens is 1. The van der Waals surface area contributed by atoms with Gasteiger partial charge < -0.3 is 5.73 Å². The first-order valence-corrected chi connectivity index (χ1v) is 7.98. The van der Waals surface area contributed by atoms with E-state index in [1.807, 2.05) is 0 Å². The summed E-state index contributed by atoms with van der Waals surface area (Å²) in [6.07, 6.45) is 0. The molecule has 0 heterocycles. The van der Waals surface area contributed by atoms with Crippen molar-refractivity contribution in [3.8, 4) is 0 Å². The Balaban J connectivity index is 3.44. The Morgan fingerprint density at radius 1 is 1.50 bits per heavy atom. The highest BCUT2D eigenvalue weighted by Gasteiger charge is 2.28. The first kappa shape index (κ1) is 17.0. The van der Waals surface area contributed by atoms with Gasteiger partial charge in [-0.05, 0) is 19.9 Å². The van der Waals surface area contributed by atoms with Gasteiger partial charge in [-0.25, -0.2) is 8.42 Å². The molecule has 9 heteroatoms. The molecular weight excluding hydrogens is 350 g/mol. The summed E-state index contributed by atoms with van der Waals surface area (Å²) < 4.78 is 26.3. The number of hydrogen-bond acceptors (Lipinski definition) is 5. The van der Waals surface area contributed by atoms with Crippen molar-refractivity contribution in [2.45, 2.75) is 24.8 Å². The first-order chi connectivity index (χ1) is 9.12. The molecule has 2 N–H and O–H groups in total. The van der Waals surface area contributed by atoms with Crippen LogP contribution in [0.1, 0.15) is 12.5 Å². The Labute approximate surface area is 126 Å². The maximum absolute atomic E-state index is 12.4. The lowest BCUT2D eigenvalue weighted by Crippen LogP contribution is -2.39. The Bertz CT molecular complexity index is 633. The molecular formula is C11H16BrN3O4S. The largest absolute Gasteiger partial charge is 0.329 e. The average molecular weight is 366 g/mol. The molecule has 0 spiro atoms. The molecule has 0 fully saturated rings. The summed E-state index contributed by atoms with van der Waals surface area (Å²) in [5, 5.41) is 11.0. The van der Waals surface area contributed by atoms with E-state index in [1.165, 1.54) is 13.1 Å². The number of hydrogen-bond donors (Lipinski definition) is 1. The zero-order valence-corrected chi connectivity index (χ0v) is 13.7. The van der Waals surface area contributed by atoms with Crippen molar-refractivity contribution in [3.05, 3.63) is 32.3 Å². The van der Waals surface area contributed by atoms with E-state index in [0.717, 1.165) is 10.4 Å². The first-order valence-electron chi connectivity index (χ1n) is 5.75. The summed E-state index contributed by atoms with van der Waals surface area (Å²) in [7, 11) is -2.43. The lowest BCUT2D eigenvalue weighted by atomic mass is 10.2. The molecule has 0 saturated heterocycles. The second-order valence-corrected chi connectivity index (χ2v) is 7.26. The number of sulfonamides is 1. The van der Waals surface area contributed by atoms with E-state index < -0.39 is 21.0 Å². The molecule has 0 aliphatic rings. The lowest BCUT2D eigenvalue weighted by Gasteiger charge is -2.23. The Morgan fingerprint density at radius 3 is 2.50 bits per heavy atom. The van der Waals surface area contributed by atoms with Crippen molar-refractivity contribution in [1.29, 1.82) is 0 Å².